The Hall–Kier alpha value is -2.17. The molecule has 0 bridgehead atoms. The molecule has 1 aromatic carbocycles. The summed E-state index contributed by atoms with van der Waals surface area (Å²) in [5, 5.41) is 3.11. The zero-order chi connectivity index (χ0) is 17.5. The van der Waals surface area contributed by atoms with Crippen LogP contribution in [0.25, 0.3) is 6.08 Å². The average molecular weight is 333 g/mol. The predicted molar refractivity (Wildman–Crippen MR) is 94.7 cm³/mol. The van der Waals surface area contributed by atoms with E-state index >= 15 is 0 Å². The number of benzene rings is 1. The number of amides is 1. The standard InChI is InChI=1S/C19H27NO4/c1-13-7-5-6-8-15(13)20-19(21)10-9-14-11-17(23-3)18(24-4)12-16(14)22-2/h9-13,15H,5-8H2,1-4H3,(H,20,21)/b10-9+/t13-,15+/m1/s1. The van der Waals surface area contributed by atoms with Crippen molar-refractivity contribution in [2.45, 2.75) is 38.6 Å². The normalized spacial score (nSPS) is 20.7. The molecule has 1 aliphatic carbocycles. The third-order valence-electron chi connectivity index (χ3n) is 4.59. The smallest absolute Gasteiger partial charge is 0.244 e. The van der Waals surface area contributed by atoms with Crippen molar-refractivity contribution in [1.29, 1.82) is 0 Å². The van der Waals surface area contributed by atoms with Crippen molar-refractivity contribution >= 4 is 12.0 Å². The van der Waals surface area contributed by atoms with Crippen molar-refractivity contribution in [3.8, 4) is 17.2 Å². The first-order chi connectivity index (χ1) is 11.6. The molecule has 0 aromatic heterocycles. The lowest BCUT2D eigenvalue weighted by atomic mass is 9.86. The summed E-state index contributed by atoms with van der Waals surface area (Å²) in [6.45, 7) is 2.20. The van der Waals surface area contributed by atoms with Crippen molar-refractivity contribution in [3.63, 3.8) is 0 Å². The highest BCUT2D eigenvalue weighted by molar-refractivity contribution is 5.92. The summed E-state index contributed by atoms with van der Waals surface area (Å²) in [6.07, 6.45) is 7.96. The van der Waals surface area contributed by atoms with Gasteiger partial charge in [0.1, 0.15) is 5.75 Å². The molecule has 0 aliphatic heterocycles. The van der Waals surface area contributed by atoms with Crippen LogP contribution in [0.1, 0.15) is 38.2 Å². The minimum Gasteiger partial charge on any atom is -0.496 e. The summed E-state index contributed by atoms with van der Waals surface area (Å²) in [5.41, 5.74) is 0.766. The van der Waals surface area contributed by atoms with Gasteiger partial charge in [-0.15, -0.1) is 0 Å². The van der Waals surface area contributed by atoms with Crippen molar-refractivity contribution in [3.05, 3.63) is 23.8 Å². The number of ether oxygens (including phenoxy) is 3. The summed E-state index contributed by atoms with van der Waals surface area (Å²) in [6, 6.07) is 3.81. The lowest BCUT2D eigenvalue weighted by Crippen LogP contribution is -2.40. The topological polar surface area (TPSA) is 56.8 Å². The molecule has 24 heavy (non-hydrogen) atoms. The molecular formula is C19H27NO4. The minimum absolute atomic E-state index is 0.0782. The van der Waals surface area contributed by atoms with Crippen molar-refractivity contribution in [2.75, 3.05) is 21.3 Å². The monoisotopic (exact) mass is 333 g/mol. The number of nitrogens with one attached hydrogen (secondary N) is 1. The summed E-state index contributed by atoms with van der Waals surface area (Å²) in [7, 11) is 4.74. The van der Waals surface area contributed by atoms with Gasteiger partial charge >= 0.3 is 0 Å². The second kappa shape index (κ2) is 8.62. The second-order valence-electron chi connectivity index (χ2n) is 6.16. The summed E-state index contributed by atoms with van der Waals surface area (Å²) in [5.74, 6) is 2.27. The van der Waals surface area contributed by atoms with Crippen molar-refractivity contribution in [1.82, 2.24) is 5.32 Å². The van der Waals surface area contributed by atoms with E-state index in [1.807, 2.05) is 0 Å². The summed E-state index contributed by atoms with van der Waals surface area (Å²) < 4.78 is 15.9. The van der Waals surface area contributed by atoms with Gasteiger partial charge in [-0.3, -0.25) is 4.79 Å². The van der Waals surface area contributed by atoms with Gasteiger partial charge in [0, 0.05) is 23.7 Å². The maximum absolute atomic E-state index is 12.2. The van der Waals surface area contributed by atoms with E-state index in [0.29, 0.717) is 23.2 Å². The second-order valence-corrected chi connectivity index (χ2v) is 6.16. The number of hydrogen-bond acceptors (Lipinski definition) is 4. The van der Waals surface area contributed by atoms with Crippen molar-refractivity contribution < 1.29 is 19.0 Å². The molecule has 0 spiro atoms. The molecule has 132 valence electrons. The Morgan fingerprint density at radius 2 is 1.67 bits per heavy atom. The molecule has 0 heterocycles. The fourth-order valence-corrected chi connectivity index (χ4v) is 3.11. The van der Waals surface area contributed by atoms with Crippen LogP contribution in [0.5, 0.6) is 17.2 Å². The van der Waals surface area contributed by atoms with Crippen LogP contribution in [0.15, 0.2) is 18.2 Å². The molecule has 2 atom stereocenters. The first-order valence-corrected chi connectivity index (χ1v) is 8.37. The zero-order valence-corrected chi connectivity index (χ0v) is 14.9. The molecule has 5 nitrogen and oxygen atoms in total. The van der Waals surface area contributed by atoms with Crippen LogP contribution in [-0.4, -0.2) is 33.3 Å². The van der Waals surface area contributed by atoms with Gasteiger partial charge in [-0.1, -0.05) is 19.8 Å². The van der Waals surface area contributed by atoms with E-state index in [2.05, 4.69) is 12.2 Å². The fourth-order valence-electron chi connectivity index (χ4n) is 3.11. The van der Waals surface area contributed by atoms with Gasteiger partial charge in [0.05, 0.1) is 21.3 Å². The maximum atomic E-state index is 12.2. The van der Waals surface area contributed by atoms with Crippen LogP contribution in [0.2, 0.25) is 0 Å². The van der Waals surface area contributed by atoms with Gasteiger partial charge in [-0.05, 0) is 30.9 Å². The van der Waals surface area contributed by atoms with Crippen LogP contribution in [0.3, 0.4) is 0 Å². The molecule has 1 aliphatic rings. The minimum atomic E-state index is -0.0782. The Morgan fingerprint density at radius 1 is 1.04 bits per heavy atom. The van der Waals surface area contributed by atoms with Gasteiger partial charge in [-0.2, -0.15) is 0 Å². The lowest BCUT2D eigenvalue weighted by Gasteiger charge is -2.29. The molecule has 1 saturated carbocycles. The molecule has 1 amide bonds. The number of hydrogen-bond donors (Lipinski definition) is 1. The highest BCUT2D eigenvalue weighted by atomic mass is 16.5. The third kappa shape index (κ3) is 4.43. The molecule has 0 radical (unpaired) electrons. The van der Waals surface area contributed by atoms with Crippen LogP contribution in [0.4, 0.5) is 0 Å². The molecule has 0 unspecified atom stereocenters. The number of carbonyl (C=O) groups is 1. The molecule has 5 heteroatoms. The molecule has 1 aromatic rings. The van der Waals surface area contributed by atoms with Gasteiger partial charge in [0.25, 0.3) is 0 Å². The first kappa shape index (κ1) is 18.2. The van der Waals surface area contributed by atoms with Crippen LogP contribution < -0.4 is 19.5 Å². The molecule has 1 N–H and O–H groups in total. The van der Waals surface area contributed by atoms with E-state index in [1.165, 1.54) is 19.3 Å². The highest BCUT2D eigenvalue weighted by Crippen LogP contribution is 2.35. The quantitative estimate of drug-likeness (QED) is 0.811. The van der Waals surface area contributed by atoms with Gasteiger partial charge in [-0.25, -0.2) is 0 Å². The Bertz CT molecular complexity index is 597. The average Bonchev–Trinajstić information content (AvgIpc) is 2.61. The molecule has 2 rings (SSSR count). The van der Waals surface area contributed by atoms with Crippen LogP contribution >= 0.6 is 0 Å². The largest absolute Gasteiger partial charge is 0.496 e. The Morgan fingerprint density at radius 3 is 2.29 bits per heavy atom. The summed E-state index contributed by atoms with van der Waals surface area (Å²) >= 11 is 0. The predicted octanol–water partition coefficient (Wildman–Crippen LogP) is 3.42. The van der Waals surface area contributed by atoms with Crippen molar-refractivity contribution in [2.24, 2.45) is 5.92 Å². The Balaban J connectivity index is 2.11. The highest BCUT2D eigenvalue weighted by Gasteiger charge is 2.22. The van der Waals surface area contributed by atoms with Gasteiger partial charge in [0.15, 0.2) is 11.5 Å². The Labute approximate surface area is 144 Å². The van der Waals surface area contributed by atoms with E-state index in [4.69, 9.17) is 14.2 Å². The third-order valence-corrected chi connectivity index (χ3v) is 4.59. The van der Waals surface area contributed by atoms with E-state index in [0.717, 1.165) is 12.0 Å². The van der Waals surface area contributed by atoms with Gasteiger partial charge in [0.2, 0.25) is 5.91 Å². The van der Waals surface area contributed by atoms with E-state index in [-0.39, 0.29) is 11.9 Å². The van der Waals surface area contributed by atoms with Gasteiger partial charge < -0.3 is 19.5 Å². The zero-order valence-electron chi connectivity index (χ0n) is 14.9. The molecule has 1 fully saturated rings. The first-order valence-electron chi connectivity index (χ1n) is 8.37. The van der Waals surface area contributed by atoms with E-state index in [9.17, 15) is 4.79 Å². The molecule has 0 saturated heterocycles. The van der Waals surface area contributed by atoms with E-state index < -0.39 is 0 Å². The SMILES string of the molecule is COc1cc(OC)c(OC)cc1/C=C/C(=O)N[C@H]1CCCC[C@H]1C. The molecular weight excluding hydrogens is 306 g/mol. The Kier molecular flexibility index (Phi) is 6.53. The number of rotatable bonds is 6. The fraction of sp³-hybridized carbons (Fsp3) is 0.526. The number of carbonyl (C=O) groups excluding carboxylic acids is 1. The lowest BCUT2D eigenvalue weighted by molar-refractivity contribution is -0.117. The maximum Gasteiger partial charge on any atom is 0.244 e. The summed E-state index contributed by atoms with van der Waals surface area (Å²) in [4.78, 5) is 12.2. The van der Waals surface area contributed by atoms with Crippen LogP contribution in [-0.2, 0) is 4.79 Å². The number of methoxy groups -OCH3 is 3. The van der Waals surface area contributed by atoms with E-state index in [1.54, 1.807) is 45.6 Å². The van der Waals surface area contributed by atoms with Crippen LogP contribution in [0, 0.1) is 5.92 Å².